The number of nitrogens with one attached hydrogen (secondary N) is 1. The summed E-state index contributed by atoms with van der Waals surface area (Å²) in [5, 5.41) is 17.7. The average Bonchev–Trinajstić information content (AvgIpc) is 2.93. The Hall–Kier alpha value is -1.88. The first-order chi connectivity index (χ1) is 9.28. The fourth-order valence-electron chi connectivity index (χ4n) is 2.68. The van der Waals surface area contributed by atoms with E-state index in [9.17, 15) is 0 Å². The largest absolute Gasteiger partial charge is 0.245 e. The quantitative estimate of drug-likeness (QED) is 0.819. The van der Waals surface area contributed by atoms with E-state index in [1.807, 2.05) is 24.3 Å². The molecule has 4 nitrogen and oxygen atoms in total. The number of likely N-dealkylation sites (tertiary alicyclic amines) is 1. The summed E-state index contributed by atoms with van der Waals surface area (Å²) in [6, 6.07) is 12.1. The summed E-state index contributed by atoms with van der Waals surface area (Å²) >= 11 is 0. The Morgan fingerprint density at radius 2 is 2.00 bits per heavy atom. The molecule has 1 aliphatic rings. The zero-order chi connectivity index (χ0) is 13.6. The minimum absolute atomic E-state index is 0.589. The molecule has 1 fully saturated rings. The van der Waals surface area contributed by atoms with Crippen LogP contribution >= 0.6 is 0 Å². The molecule has 0 saturated carbocycles. The monoisotopic (exact) mass is 255 g/mol. The molecule has 0 amide bonds. The van der Waals surface area contributed by atoms with Crippen LogP contribution in [-0.4, -0.2) is 24.2 Å². The van der Waals surface area contributed by atoms with Crippen LogP contribution in [0.5, 0.6) is 0 Å². The fraction of sp³-hybridized carbons (Fsp3) is 0.467. The molecule has 1 heterocycles. The third-order valence-electron chi connectivity index (χ3n) is 3.75. The van der Waals surface area contributed by atoms with E-state index in [2.05, 4.69) is 17.6 Å². The summed E-state index contributed by atoms with van der Waals surface area (Å²) in [6.07, 6.45) is 3.03. The highest BCUT2D eigenvalue weighted by Crippen LogP contribution is 2.17. The molecule has 19 heavy (non-hydrogen) atoms. The van der Waals surface area contributed by atoms with Crippen molar-refractivity contribution in [3.05, 3.63) is 35.4 Å². The van der Waals surface area contributed by atoms with Gasteiger partial charge >= 0.3 is 0 Å². The molecule has 4 heteroatoms. The molecule has 1 saturated heterocycles. The molecule has 1 aromatic carbocycles. The van der Waals surface area contributed by atoms with Gasteiger partial charge in [0.2, 0.25) is 0 Å². The van der Waals surface area contributed by atoms with E-state index in [1.165, 1.54) is 12.8 Å². The molecule has 0 aromatic heterocycles. The van der Waals surface area contributed by atoms with Gasteiger partial charge in [0, 0.05) is 12.8 Å². The first kappa shape index (κ1) is 13.5. The maximum absolute atomic E-state index is 8.90. The van der Waals surface area contributed by atoms with Crippen molar-refractivity contribution in [1.29, 1.82) is 10.5 Å². The van der Waals surface area contributed by atoms with Crippen LogP contribution in [0.1, 0.15) is 30.4 Å². The lowest BCUT2D eigenvalue weighted by Gasteiger charge is -2.33. The highest BCUT2D eigenvalue weighted by atomic mass is 15.7. The van der Waals surface area contributed by atoms with Crippen LogP contribution in [0.25, 0.3) is 0 Å². The Balaban J connectivity index is 1.99. The van der Waals surface area contributed by atoms with Crippen LogP contribution < -0.4 is 5.43 Å². The van der Waals surface area contributed by atoms with E-state index >= 15 is 0 Å². The van der Waals surface area contributed by atoms with Crippen molar-refractivity contribution in [1.82, 2.24) is 5.43 Å². The number of hydrogen-bond acceptors (Lipinski definition) is 3. The van der Waals surface area contributed by atoms with Crippen molar-refractivity contribution in [2.24, 2.45) is 0 Å². The second kappa shape index (κ2) is 6.33. The first-order valence-electron chi connectivity index (χ1n) is 6.75. The summed E-state index contributed by atoms with van der Waals surface area (Å²) in [4.78, 5) is 0. The van der Waals surface area contributed by atoms with Crippen molar-refractivity contribution in [3.8, 4) is 12.1 Å². The predicted octanol–water partition coefficient (Wildman–Crippen LogP) is 2.09. The van der Waals surface area contributed by atoms with E-state index in [1.54, 1.807) is 0 Å². The van der Waals surface area contributed by atoms with Gasteiger partial charge in [0.1, 0.15) is 6.54 Å². The number of rotatable bonds is 5. The van der Waals surface area contributed by atoms with Crippen molar-refractivity contribution >= 4 is 0 Å². The minimum atomic E-state index is 0.589. The Labute approximate surface area is 114 Å². The molecular formula is C15H19N4+. The summed E-state index contributed by atoms with van der Waals surface area (Å²) in [5.74, 6) is 0. The Kier molecular flexibility index (Phi) is 4.52. The van der Waals surface area contributed by atoms with Crippen molar-refractivity contribution in [2.45, 2.75) is 25.8 Å². The van der Waals surface area contributed by atoms with Crippen molar-refractivity contribution in [3.63, 3.8) is 0 Å². The smallest absolute Gasteiger partial charge is 0.109 e. The predicted molar refractivity (Wildman–Crippen MR) is 72.3 cm³/mol. The van der Waals surface area contributed by atoms with E-state index in [0.29, 0.717) is 12.0 Å². The van der Waals surface area contributed by atoms with Gasteiger partial charge in [0.15, 0.2) is 0 Å². The number of nitriles is 2. The lowest BCUT2D eigenvalue weighted by atomic mass is 10.1. The van der Waals surface area contributed by atoms with Gasteiger partial charge in [0.25, 0.3) is 0 Å². The van der Waals surface area contributed by atoms with E-state index in [-0.39, 0.29) is 0 Å². The average molecular weight is 255 g/mol. The summed E-state index contributed by atoms with van der Waals surface area (Å²) in [5.41, 5.74) is 5.40. The zero-order valence-electron chi connectivity index (χ0n) is 11.1. The van der Waals surface area contributed by atoms with Gasteiger partial charge in [-0.05, 0) is 17.7 Å². The van der Waals surface area contributed by atoms with Gasteiger partial charge in [0.05, 0.1) is 43.8 Å². The molecule has 0 spiro atoms. The SMILES string of the molecule is N#CCC[N+]1(NCc2cccc(C#N)c2)CCCC1. The van der Waals surface area contributed by atoms with Gasteiger partial charge in [-0.1, -0.05) is 12.1 Å². The fourth-order valence-corrected chi connectivity index (χ4v) is 2.68. The highest BCUT2D eigenvalue weighted by molar-refractivity contribution is 5.32. The van der Waals surface area contributed by atoms with E-state index < -0.39 is 0 Å². The number of hydrogen-bond donors (Lipinski definition) is 1. The van der Waals surface area contributed by atoms with Crippen LogP contribution in [0.4, 0.5) is 0 Å². The molecule has 0 atom stereocenters. The molecule has 0 aliphatic carbocycles. The molecule has 0 bridgehead atoms. The van der Waals surface area contributed by atoms with Crippen LogP contribution in [-0.2, 0) is 6.54 Å². The van der Waals surface area contributed by atoms with Crippen LogP contribution in [0, 0.1) is 22.7 Å². The van der Waals surface area contributed by atoms with E-state index in [4.69, 9.17) is 10.5 Å². The summed E-state index contributed by atoms with van der Waals surface area (Å²) in [6.45, 7) is 3.81. The molecule has 0 radical (unpaired) electrons. The molecule has 1 N–H and O–H groups in total. The second-order valence-electron chi connectivity index (χ2n) is 5.08. The summed E-state index contributed by atoms with van der Waals surface area (Å²) < 4.78 is 0.838. The standard InChI is InChI=1S/C15H19N4/c16-7-4-10-19(8-1-2-9-19)18-13-15-6-3-5-14(11-15)12-17/h3,5-6,11,18H,1-2,4,8-10,13H2/q+1. The number of quaternary nitrogens is 1. The van der Waals surface area contributed by atoms with Gasteiger partial charge in [-0.25, -0.2) is 4.59 Å². The molecule has 1 aromatic rings. The lowest BCUT2D eigenvalue weighted by molar-refractivity contribution is -0.960. The van der Waals surface area contributed by atoms with Gasteiger partial charge in [-0.2, -0.15) is 15.9 Å². The third-order valence-corrected chi connectivity index (χ3v) is 3.75. The van der Waals surface area contributed by atoms with Crippen LogP contribution in [0.15, 0.2) is 24.3 Å². The first-order valence-corrected chi connectivity index (χ1v) is 6.75. The van der Waals surface area contributed by atoms with Gasteiger partial charge < -0.3 is 0 Å². The zero-order valence-corrected chi connectivity index (χ0v) is 11.1. The van der Waals surface area contributed by atoms with Crippen molar-refractivity contribution in [2.75, 3.05) is 19.6 Å². The maximum atomic E-state index is 8.90. The Bertz CT molecular complexity index is 504. The molecule has 1 aliphatic heterocycles. The molecular weight excluding hydrogens is 236 g/mol. The lowest BCUT2D eigenvalue weighted by Crippen LogP contribution is -2.56. The van der Waals surface area contributed by atoms with Crippen LogP contribution in [0.2, 0.25) is 0 Å². The van der Waals surface area contributed by atoms with E-state index in [0.717, 1.165) is 36.3 Å². The normalized spacial score (nSPS) is 16.7. The number of benzene rings is 1. The maximum Gasteiger partial charge on any atom is 0.109 e. The topological polar surface area (TPSA) is 59.6 Å². The molecule has 2 rings (SSSR count). The second-order valence-corrected chi connectivity index (χ2v) is 5.08. The molecule has 98 valence electrons. The third kappa shape index (κ3) is 3.54. The highest BCUT2D eigenvalue weighted by Gasteiger charge is 2.31. The minimum Gasteiger partial charge on any atom is -0.245 e. The van der Waals surface area contributed by atoms with Gasteiger partial charge in [-0.3, -0.25) is 0 Å². The Morgan fingerprint density at radius 3 is 2.68 bits per heavy atom. The van der Waals surface area contributed by atoms with Crippen LogP contribution in [0.3, 0.4) is 0 Å². The summed E-state index contributed by atoms with van der Waals surface area (Å²) in [7, 11) is 0. The molecule has 0 unspecified atom stereocenters. The van der Waals surface area contributed by atoms with Crippen molar-refractivity contribution < 1.29 is 4.59 Å². The Morgan fingerprint density at radius 1 is 1.21 bits per heavy atom. The number of nitrogens with zero attached hydrogens (tertiary/aromatic N) is 3. The van der Waals surface area contributed by atoms with Gasteiger partial charge in [-0.15, -0.1) is 0 Å².